The molecule has 2 aromatic rings. The van der Waals surface area contributed by atoms with E-state index < -0.39 is 11.5 Å². The first-order valence-corrected chi connectivity index (χ1v) is 8.54. The van der Waals surface area contributed by atoms with Crippen molar-refractivity contribution in [2.75, 3.05) is 6.54 Å². The van der Waals surface area contributed by atoms with E-state index in [9.17, 15) is 19.5 Å². The van der Waals surface area contributed by atoms with Gasteiger partial charge in [0.05, 0.1) is 11.4 Å². The summed E-state index contributed by atoms with van der Waals surface area (Å²) in [7, 11) is 0. The first-order valence-electron chi connectivity index (χ1n) is 8.54. The van der Waals surface area contributed by atoms with Crippen molar-refractivity contribution in [1.29, 1.82) is 0 Å². The van der Waals surface area contributed by atoms with Crippen molar-refractivity contribution < 1.29 is 14.7 Å². The Kier molecular flexibility index (Phi) is 5.11. The average molecular weight is 342 g/mol. The highest BCUT2D eigenvalue weighted by Crippen LogP contribution is 2.22. The molecule has 0 spiro atoms. The molecule has 1 amide bonds. The van der Waals surface area contributed by atoms with Crippen LogP contribution < -0.4 is 16.0 Å². The Morgan fingerprint density at radius 1 is 1.16 bits per heavy atom. The lowest BCUT2D eigenvalue weighted by atomic mass is 9.89. The van der Waals surface area contributed by atoms with E-state index in [1.807, 2.05) is 0 Å². The number of aromatic carboxylic acids is 1. The number of amides is 1. The van der Waals surface area contributed by atoms with Crippen LogP contribution in [0.25, 0.3) is 10.8 Å². The van der Waals surface area contributed by atoms with Crippen molar-refractivity contribution in [2.24, 2.45) is 5.92 Å². The zero-order valence-electron chi connectivity index (χ0n) is 13.9. The number of nitrogens with one attached hydrogen (secondary N) is 1. The lowest BCUT2D eigenvalue weighted by molar-refractivity contribution is -0.255. The van der Waals surface area contributed by atoms with Gasteiger partial charge in [0.15, 0.2) is 0 Å². The molecule has 0 unspecified atom stereocenters. The minimum Gasteiger partial charge on any atom is -0.543 e. The summed E-state index contributed by atoms with van der Waals surface area (Å²) in [5.74, 6) is -1.36. The Morgan fingerprint density at radius 3 is 2.52 bits per heavy atom. The Morgan fingerprint density at radius 2 is 1.84 bits per heavy atom. The maximum Gasteiger partial charge on any atom is 0.275 e. The molecular formula is C18H20N3O4-. The van der Waals surface area contributed by atoms with E-state index in [4.69, 9.17) is 0 Å². The largest absolute Gasteiger partial charge is 0.543 e. The molecule has 3 rings (SSSR count). The van der Waals surface area contributed by atoms with Crippen molar-refractivity contribution in [2.45, 2.75) is 38.6 Å². The fourth-order valence-electron chi connectivity index (χ4n) is 3.33. The fraction of sp³-hybridized carbons (Fsp3) is 0.444. The number of carbonyl (C=O) groups excluding carboxylic acids is 2. The SMILES string of the molecule is O=C(Cn1nc(C(=O)[O-])c2ccccc2c1=O)NCC1CCCCC1. The zero-order valence-corrected chi connectivity index (χ0v) is 13.9. The molecule has 1 aliphatic carbocycles. The van der Waals surface area contributed by atoms with Gasteiger partial charge < -0.3 is 15.2 Å². The van der Waals surface area contributed by atoms with Crippen molar-refractivity contribution >= 4 is 22.6 Å². The van der Waals surface area contributed by atoms with Crippen molar-refractivity contribution in [3.05, 3.63) is 40.3 Å². The van der Waals surface area contributed by atoms with Crippen LogP contribution in [0.4, 0.5) is 0 Å². The molecule has 1 aliphatic rings. The first-order chi connectivity index (χ1) is 12.1. The minimum absolute atomic E-state index is 0.205. The number of aromatic nitrogens is 2. The van der Waals surface area contributed by atoms with Crippen molar-refractivity contribution in [3.8, 4) is 0 Å². The van der Waals surface area contributed by atoms with E-state index in [-0.39, 0.29) is 28.9 Å². The molecule has 7 heteroatoms. The third-order valence-corrected chi connectivity index (χ3v) is 4.67. The second kappa shape index (κ2) is 7.46. The molecule has 0 aliphatic heterocycles. The third kappa shape index (κ3) is 3.87. The van der Waals surface area contributed by atoms with Gasteiger partial charge >= 0.3 is 0 Å². The van der Waals surface area contributed by atoms with Crippen LogP contribution in [0.3, 0.4) is 0 Å². The molecular weight excluding hydrogens is 322 g/mol. The van der Waals surface area contributed by atoms with Gasteiger partial charge in [0.1, 0.15) is 12.2 Å². The molecule has 1 N–H and O–H groups in total. The summed E-state index contributed by atoms with van der Waals surface area (Å²) < 4.78 is 0.893. The van der Waals surface area contributed by atoms with Crippen LogP contribution in [0, 0.1) is 5.92 Å². The van der Waals surface area contributed by atoms with Crippen molar-refractivity contribution in [3.63, 3.8) is 0 Å². The summed E-state index contributed by atoms with van der Waals surface area (Å²) in [5.41, 5.74) is -0.830. The number of rotatable bonds is 5. The molecule has 0 atom stereocenters. The van der Waals surface area contributed by atoms with E-state index in [0.29, 0.717) is 12.5 Å². The topological polar surface area (TPSA) is 104 Å². The van der Waals surface area contributed by atoms with Crippen LogP contribution in [0.5, 0.6) is 0 Å². The quantitative estimate of drug-likeness (QED) is 0.850. The molecule has 0 bridgehead atoms. The first kappa shape index (κ1) is 17.1. The van der Waals surface area contributed by atoms with Gasteiger partial charge in [0.2, 0.25) is 5.91 Å². The molecule has 1 aromatic heterocycles. The van der Waals surface area contributed by atoms with E-state index in [2.05, 4.69) is 10.4 Å². The number of fused-ring (bicyclic) bond motifs is 1. The van der Waals surface area contributed by atoms with Crippen LogP contribution in [-0.2, 0) is 11.3 Å². The van der Waals surface area contributed by atoms with E-state index in [1.54, 1.807) is 12.1 Å². The van der Waals surface area contributed by atoms with Gasteiger partial charge in [-0.3, -0.25) is 9.59 Å². The maximum atomic E-state index is 12.5. The molecule has 0 saturated heterocycles. The predicted molar refractivity (Wildman–Crippen MR) is 89.9 cm³/mol. The summed E-state index contributed by atoms with van der Waals surface area (Å²) in [5, 5.41) is 18.4. The van der Waals surface area contributed by atoms with Crippen LogP contribution in [0.2, 0.25) is 0 Å². The van der Waals surface area contributed by atoms with Crippen LogP contribution >= 0.6 is 0 Å². The summed E-state index contributed by atoms with van der Waals surface area (Å²) >= 11 is 0. The lowest BCUT2D eigenvalue weighted by Gasteiger charge is -2.21. The molecule has 1 aromatic carbocycles. The second-order valence-corrected chi connectivity index (χ2v) is 6.45. The number of benzene rings is 1. The molecule has 132 valence electrons. The lowest BCUT2D eigenvalue weighted by Crippen LogP contribution is -2.38. The van der Waals surface area contributed by atoms with Gasteiger partial charge in [0.25, 0.3) is 5.56 Å². The number of carboxylic acid groups (broad SMARTS) is 1. The fourth-order valence-corrected chi connectivity index (χ4v) is 3.33. The number of hydrogen-bond acceptors (Lipinski definition) is 5. The highest BCUT2D eigenvalue weighted by atomic mass is 16.4. The van der Waals surface area contributed by atoms with Gasteiger partial charge in [-0.05, 0) is 24.8 Å². The standard InChI is InChI=1S/C18H21N3O4/c22-15(19-10-12-6-2-1-3-7-12)11-21-17(23)14-9-5-4-8-13(14)16(20-21)18(24)25/h4-5,8-9,12H,1-3,6-7,10-11H2,(H,19,22)(H,24,25)/p-1. The average Bonchev–Trinajstić information content (AvgIpc) is 2.63. The summed E-state index contributed by atoms with van der Waals surface area (Å²) in [6.07, 6.45) is 5.81. The monoisotopic (exact) mass is 342 g/mol. The molecule has 1 fully saturated rings. The highest BCUT2D eigenvalue weighted by Gasteiger charge is 2.16. The van der Waals surface area contributed by atoms with Gasteiger partial charge in [-0.2, -0.15) is 5.10 Å². The molecule has 1 heterocycles. The van der Waals surface area contributed by atoms with E-state index in [0.717, 1.165) is 17.5 Å². The van der Waals surface area contributed by atoms with Crippen LogP contribution in [0.1, 0.15) is 42.6 Å². The van der Waals surface area contributed by atoms with Gasteiger partial charge in [-0.1, -0.05) is 37.5 Å². The number of carbonyl (C=O) groups is 2. The summed E-state index contributed by atoms with van der Waals surface area (Å²) in [4.78, 5) is 35.9. The summed E-state index contributed by atoms with van der Waals surface area (Å²) in [6.45, 7) is 0.269. The maximum absolute atomic E-state index is 12.5. The summed E-state index contributed by atoms with van der Waals surface area (Å²) in [6, 6.07) is 6.28. The smallest absolute Gasteiger partial charge is 0.275 e. The highest BCUT2D eigenvalue weighted by molar-refractivity contribution is 6.00. The van der Waals surface area contributed by atoms with Gasteiger partial charge in [-0.25, -0.2) is 4.68 Å². The molecule has 7 nitrogen and oxygen atoms in total. The van der Waals surface area contributed by atoms with Gasteiger partial charge in [0, 0.05) is 11.9 Å². The van der Waals surface area contributed by atoms with Crippen LogP contribution in [-0.4, -0.2) is 28.2 Å². The zero-order chi connectivity index (χ0) is 17.8. The van der Waals surface area contributed by atoms with Crippen LogP contribution in [0.15, 0.2) is 29.1 Å². The normalized spacial score (nSPS) is 15.2. The van der Waals surface area contributed by atoms with E-state index >= 15 is 0 Å². The number of carboxylic acids is 1. The number of hydrogen-bond donors (Lipinski definition) is 1. The van der Waals surface area contributed by atoms with Gasteiger partial charge in [-0.15, -0.1) is 0 Å². The molecule has 1 saturated carbocycles. The Balaban J connectivity index is 1.78. The second-order valence-electron chi connectivity index (χ2n) is 6.45. The van der Waals surface area contributed by atoms with E-state index in [1.165, 1.54) is 31.4 Å². The number of nitrogens with zero attached hydrogens (tertiary/aromatic N) is 2. The Labute approximate surface area is 144 Å². The Bertz CT molecular complexity index is 853. The molecule has 25 heavy (non-hydrogen) atoms. The minimum atomic E-state index is -1.48. The van der Waals surface area contributed by atoms with Crippen molar-refractivity contribution in [1.82, 2.24) is 15.1 Å². The molecule has 0 radical (unpaired) electrons. The Hall–Kier alpha value is -2.70. The predicted octanol–water partition coefficient (Wildman–Crippen LogP) is 0.456. The third-order valence-electron chi connectivity index (χ3n) is 4.67.